The number of amides is 2. The number of benzene rings is 1. The molecule has 41 heavy (non-hydrogen) atoms. The number of halogens is 5. The number of carbonyl (C=O) groups excluding carboxylic acids is 2. The quantitative estimate of drug-likeness (QED) is 0.347. The van der Waals surface area contributed by atoms with E-state index >= 15 is 0 Å². The second-order valence-corrected chi connectivity index (χ2v) is 13.4. The first kappa shape index (κ1) is 33.2. The smallest absolute Gasteiger partial charge is 0.389 e. The Morgan fingerprint density at radius 2 is 1.85 bits per heavy atom. The number of aromatic nitrogens is 1. The van der Waals surface area contributed by atoms with Crippen molar-refractivity contribution in [2.45, 2.75) is 75.8 Å². The van der Waals surface area contributed by atoms with Gasteiger partial charge in [0.25, 0.3) is 11.8 Å². The van der Waals surface area contributed by atoms with Crippen LogP contribution < -0.4 is 10.0 Å². The predicted molar refractivity (Wildman–Crippen MR) is 146 cm³/mol. The molecule has 0 bridgehead atoms. The maximum Gasteiger partial charge on any atom is 0.404 e. The van der Waals surface area contributed by atoms with Gasteiger partial charge in [0, 0.05) is 25.2 Å². The fourth-order valence-corrected chi connectivity index (χ4v) is 7.01. The van der Waals surface area contributed by atoms with Gasteiger partial charge in [0.1, 0.15) is 17.9 Å². The van der Waals surface area contributed by atoms with Gasteiger partial charge in [0.15, 0.2) is 5.01 Å². The summed E-state index contributed by atoms with van der Waals surface area (Å²) >= 11 is 7.34. The van der Waals surface area contributed by atoms with Gasteiger partial charge in [-0.15, -0.1) is 11.3 Å². The molecule has 0 spiro atoms. The van der Waals surface area contributed by atoms with Crippen molar-refractivity contribution in [3.63, 3.8) is 0 Å². The summed E-state index contributed by atoms with van der Waals surface area (Å²) in [6.07, 6.45) is -6.14. The zero-order valence-electron chi connectivity index (χ0n) is 22.7. The summed E-state index contributed by atoms with van der Waals surface area (Å²) in [4.78, 5) is 31.5. The van der Waals surface area contributed by atoms with Crippen molar-refractivity contribution in [3.05, 3.63) is 33.4 Å². The Morgan fingerprint density at radius 1 is 1.24 bits per heavy atom. The lowest BCUT2D eigenvalue weighted by Crippen LogP contribution is -2.44. The summed E-state index contributed by atoms with van der Waals surface area (Å²) in [6.45, 7) is 5.57. The fraction of sp³-hybridized carbons (Fsp3) is 0.560. The minimum absolute atomic E-state index is 0.0771. The van der Waals surface area contributed by atoms with Crippen LogP contribution in [0.2, 0.25) is 5.02 Å². The first-order chi connectivity index (χ1) is 18.9. The Bertz CT molecular complexity index is 1400. The molecule has 1 fully saturated rings. The highest BCUT2D eigenvalue weighted by Crippen LogP contribution is 2.40. The van der Waals surface area contributed by atoms with E-state index in [9.17, 15) is 40.7 Å². The molecule has 0 saturated carbocycles. The van der Waals surface area contributed by atoms with E-state index < -0.39 is 57.1 Å². The molecule has 9 nitrogen and oxygen atoms in total. The highest BCUT2D eigenvalue weighted by Gasteiger charge is 2.41. The van der Waals surface area contributed by atoms with Crippen molar-refractivity contribution in [1.82, 2.24) is 19.9 Å². The van der Waals surface area contributed by atoms with E-state index in [1.807, 2.05) is 0 Å². The third kappa shape index (κ3) is 7.95. The number of likely N-dealkylation sites (tertiary alicyclic amines) is 1. The first-order valence-electron chi connectivity index (χ1n) is 12.7. The Kier molecular flexibility index (Phi) is 10.1. The maximum atomic E-state index is 13.7. The van der Waals surface area contributed by atoms with E-state index in [-0.39, 0.29) is 64.2 Å². The molecule has 3 rings (SSSR count). The van der Waals surface area contributed by atoms with Crippen LogP contribution in [0.3, 0.4) is 0 Å². The van der Waals surface area contributed by atoms with Gasteiger partial charge in [-0.3, -0.25) is 9.59 Å². The molecule has 1 aliphatic rings. The Balaban J connectivity index is 2.07. The number of carbonyl (C=O) groups is 2. The zero-order chi connectivity index (χ0) is 30.9. The summed E-state index contributed by atoms with van der Waals surface area (Å²) < 4.78 is 80.9. The average Bonchev–Trinajstić information content (AvgIpc) is 3.31. The number of nitrogens with zero attached hydrogens (tertiary/aromatic N) is 2. The van der Waals surface area contributed by atoms with E-state index in [2.05, 4.69) is 10.3 Å². The molecule has 2 heterocycles. The van der Waals surface area contributed by atoms with Crippen LogP contribution >= 0.6 is 22.9 Å². The molecule has 2 aromatic rings. The lowest BCUT2D eigenvalue weighted by Gasteiger charge is -2.28. The predicted octanol–water partition coefficient (Wildman–Crippen LogP) is 4.47. The molecular formula is C25H31ClF4N4O5S2. The van der Waals surface area contributed by atoms with Gasteiger partial charge in [-0.05, 0) is 51.7 Å². The minimum Gasteiger partial charge on any atom is -0.389 e. The summed E-state index contributed by atoms with van der Waals surface area (Å²) in [6, 6.07) is -0.0114. The zero-order valence-corrected chi connectivity index (χ0v) is 25.1. The summed E-state index contributed by atoms with van der Waals surface area (Å²) in [7, 11) is -4.65. The first-order valence-corrected chi connectivity index (χ1v) is 15.4. The highest BCUT2D eigenvalue weighted by molar-refractivity contribution is 7.89. The van der Waals surface area contributed by atoms with E-state index in [4.69, 9.17) is 11.6 Å². The normalized spacial score (nSPS) is 16.1. The molecule has 3 N–H and O–H groups in total. The molecule has 1 saturated heterocycles. The number of hydrogen-bond donors (Lipinski definition) is 3. The molecule has 228 valence electrons. The standard InChI is InChI=1S/C25H31ClF4N4O5S2/c1-5-17(25(28,29)30)33-41(38,39)16-7-6-15(18(26)13(16)2)20-19(23(36)34-10-8-14(27)9-11-34)32-22(40-20)21(35)31-12-24(3,4)37/h6-7,14,17,33,37H,5,8-12H2,1-4H3,(H,31,35)/t17-/m0/s1. The van der Waals surface area contributed by atoms with Crippen molar-refractivity contribution in [1.29, 1.82) is 0 Å². The Morgan fingerprint density at radius 3 is 2.39 bits per heavy atom. The van der Waals surface area contributed by atoms with Gasteiger partial charge in [-0.2, -0.15) is 17.9 Å². The Labute approximate surface area is 244 Å². The molecule has 16 heteroatoms. The van der Waals surface area contributed by atoms with Crippen LogP contribution in [-0.4, -0.2) is 78.8 Å². The van der Waals surface area contributed by atoms with Crippen LogP contribution in [-0.2, 0) is 10.0 Å². The molecule has 0 radical (unpaired) electrons. The van der Waals surface area contributed by atoms with Crippen molar-refractivity contribution in [2.75, 3.05) is 19.6 Å². The highest BCUT2D eigenvalue weighted by atomic mass is 35.5. The van der Waals surface area contributed by atoms with E-state index in [0.717, 1.165) is 17.4 Å². The number of alkyl halides is 4. The average molecular weight is 643 g/mol. The van der Waals surface area contributed by atoms with Gasteiger partial charge in [-0.1, -0.05) is 24.6 Å². The van der Waals surface area contributed by atoms with Crippen LogP contribution in [0.25, 0.3) is 10.4 Å². The number of nitrogens with one attached hydrogen (secondary N) is 2. The number of rotatable bonds is 9. The summed E-state index contributed by atoms with van der Waals surface area (Å²) in [5.74, 6) is -1.28. The van der Waals surface area contributed by atoms with Gasteiger partial charge >= 0.3 is 6.18 Å². The van der Waals surface area contributed by atoms with E-state index in [1.54, 1.807) is 4.72 Å². The van der Waals surface area contributed by atoms with Gasteiger partial charge in [0.2, 0.25) is 10.0 Å². The largest absolute Gasteiger partial charge is 0.404 e. The monoisotopic (exact) mass is 642 g/mol. The minimum atomic E-state index is -4.81. The summed E-state index contributed by atoms with van der Waals surface area (Å²) in [5.41, 5.74) is -1.34. The fourth-order valence-electron chi connectivity index (χ4n) is 4.08. The summed E-state index contributed by atoms with van der Waals surface area (Å²) in [5, 5.41) is 12.2. The number of sulfonamides is 1. The van der Waals surface area contributed by atoms with Crippen LogP contribution in [0.15, 0.2) is 17.0 Å². The topological polar surface area (TPSA) is 129 Å². The van der Waals surface area contributed by atoms with E-state index in [1.165, 1.54) is 38.7 Å². The van der Waals surface area contributed by atoms with Crippen LogP contribution in [0.4, 0.5) is 17.6 Å². The number of piperidine rings is 1. The third-order valence-electron chi connectivity index (χ3n) is 6.39. The molecule has 1 aliphatic heterocycles. The number of aliphatic hydroxyl groups is 1. The molecular weight excluding hydrogens is 612 g/mol. The van der Waals surface area contributed by atoms with Crippen molar-refractivity contribution in [3.8, 4) is 10.4 Å². The molecule has 1 atom stereocenters. The van der Waals surface area contributed by atoms with E-state index in [0.29, 0.717) is 0 Å². The van der Waals surface area contributed by atoms with Crippen LogP contribution in [0.1, 0.15) is 65.9 Å². The molecule has 1 aromatic heterocycles. The second-order valence-electron chi connectivity index (χ2n) is 10.3. The van der Waals surface area contributed by atoms with Gasteiger partial charge in [-0.25, -0.2) is 17.8 Å². The maximum absolute atomic E-state index is 13.7. The lowest BCUT2D eigenvalue weighted by atomic mass is 10.1. The van der Waals surface area contributed by atoms with Crippen LogP contribution in [0, 0.1) is 6.92 Å². The molecule has 1 aromatic carbocycles. The molecule has 0 aliphatic carbocycles. The van der Waals surface area contributed by atoms with Gasteiger partial charge < -0.3 is 15.3 Å². The lowest BCUT2D eigenvalue weighted by molar-refractivity contribution is -0.151. The SMILES string of the molecule is CC[C@H](NS(=O)(=O)c1ccc(-c2sc(C(=O)NCC(C)(C)O)nc2C(=O)N2CCC(F)CC2)c(Cl)c1C)C(F)(F)F. The van der Waals surface area contributed by atoms with Crippen LogP contribution in [0.5, 0.6) is 0 Å². The molecule has 2 amide bonds. The number of hydrogen-bond acceptors (Lipinski definition) is 7. The molecule has 0 unspecified atom stereocenters. The number of thiazole rings is 1. The van der Waals surface area contributed by atoms with Crippen molar-refractivity contribution in [2.24, 2.45) is 0 Å². The third-order valence-corrected chi connectivity index (χ3v) is 9.58. The Hall–Kier alpha value is -2.33. The van der Waals surface area contributed by atoms with Gasteiger partial charge in [0.05, 0.1) is 20.4 Å². The van der Waals surface area contributed by atoms with Crippen molar-refractivity contribution >= 4 is 44.8 Å². The second kappa shape index (κ2) is 12.5. The van der Waals surface area contributed by atoms with Crippen molar-refractivity contribution < 1.29 is 40.7 Å².